The Morgan fingerprint density at radius 2 is 2.04 bits per heavy atom. The van der Waals surface area contributed by atoms with Crippen LogP contribution in [0.2, 0.25) is 0 Å². The molecule has 138 valence electrons. The zero-order chi connectivity index (χ0) is 19.2. The summed E-state index contributed by atoms with van der Waals surface area (Å²) in [7, 11) is 0. The fourth-order valence-electron chi connectivity index (χ4n) is 3.75. The Morgan fingerprint density at radius 3 is 2.81 bits per heavy atom. The fourth-order valence-corrected chi connectivity index (χ4v) is 4.13. The lowest BCUT2D eigenvalue weighted by molar-refractivity contribution is -0.134. The van der Waals surface area contributed by atoms with Gasteiger partial charge < -0.3 is 10.6 Å². The van der Waals surface area contributed by atoms with E-state index in [0.717, 1.165) is 32.5 Å². The molecule has 4 rings (SSSR count). The molecule has 1 spiro atoms. The summed E-state index contributed by atoms with van der Waals surface area (Å²) in [6.45, 7) is 1.63. The van der Waals surface area contributed by atoms with Crippen LogP contribution in [0.4, 0.5) is 10.5 Å². The summed E-state index contributed by atoms with van der Waals surface area (Å²) >= 11 is 3.42. The molecule has 2 aliphatic rings. The number of rotatable bonds is 3. The standard InChI is InChI=1S/C20H18BrN3O3/c1-12-6-7-14(10-16(12)21)22-17(25)11-24-18(26)20(23-19(24)27)9-8-13-4-2-3-5-15(13)20/h2-7,10H,8-9,11H2,1H3,(H,22,25)(H,23,27). The lowest BCUT2D eigenvalue weighted by atomic mass is 9.92. The summed E-state index contributed by atoms with van der Waals surface area (Å²) in [5, 5.41) is 5.55. The third-order valence-corrected chi connectivity index (χ3v) is 6.03. The number of benzene rings is 2. The highest BCUT2D eigenvalue weighted by molar-refractivity contribution is 9.10. The summed E-state index contributed by atoms with van der Waals surface area (Å²) < 4.78 is 0.872. The van der Waals surface area contributed by atoms with Gasteiger partial charge in [-0.15, -0.1) is 0 Å². The molecule has 4 amide bonds. The Labute approximate surface area is 165 Å². The quantitative estimate of drug-likeness (QED) is 0.738. The molecular weight excluding hydrogens is 410 g/mol. The van der Waals surface area contributed by atoms with E-state index in [0.29, 0.717) is 12.1 Å². The van der Waals surface area contributed by atoms with Crippen LogP contribution in [0.25, 0.3) is 0 Å². The van der Waals surface area contributed by atoms with Crippen molar-refractivity contribution in [2.75, 3.05) is 11.9 Å². The van der Waals surface area contributed by atoms with Crippen LogP contribution in [0.5, 0.6) is 0 Å². The van der Waals surface area contributed by atoms with Crippen LogP contribution >= 0.6 is 15.9 Å². The van der Waals surface area contributed by atoms with Crippen LogP contribution in [0.15, 0.2) is 46.9 Å². The van der Waals surface area contributed by atoms with Crippen LogP contribution < -0.4 is 10.6 Å². The molecule has 27 heavy (non-hydrogen) atoms. The zero-order valence-corrected chi connectivity index (χ0v) is 16.3. The Balaban J connectivity index is 1.52. The highest BCUT2D eigenvalue weighted by Crippen LogP contribution is 2.41. The number of anilines is 1. The van der Waals surface area contributed by atoms with E-state index < -0.39 is 17.5 Å². The second kappa shape index (κ2) is 6.49. The lowest BCUT2D eigenvalue weighted by Gasteiger charge is -2.22. The maximum Gasteiger partial charge on any atom is 0.325 e. The van der Waals surface area contributed by atoms with Crippen molar-refractivity contribution in [3.8, 4) is 0 Å². The molecule has 1 fully saturated rings. The summed E-state index contributed by atoms with van der Waals surface area (Å²) in [6, 6.07) is 12.5. The topological polar surface area (TPSA) is 78.5 Å². The molecule has 1 saturated heterocycles. The second-order valence-electron chi connectivity index (χ2n) is 6.90. The monoisotopic (exact) mass is 427 g/mol. The predicted octanol–water partition coefficient (Wildman–Crippen LogP) is 3.09. The molecule has 1 heterocycles. The van der Waals surface area contributed by atoms with Crippen LogP contribution in [-0.2, 0) is 21.5 Å². The van der Waals surface area contributed by atoms with Crippen LogP contribution in [0.3, 0.4) is 0 Å². The molecule has 7 heteroatoms. The van der Waals surface area contributed by atoms with Crippen molar-refractivity contribution >= 4 is 39.5 Å². The Kier molecular flexibility index (Phi) is 4.26. The van der Waals surface area contributed by atoms with Gasteiger partial charge in [0.1, 0.15) is 12.1 Å². The molecule has 0 bridgehead atoms. The van der Waals surface area contributed by atoms with E-state index in [9.17, 15) is 14.4 Å². The molecule has 2 aromatic rings. The minimum atomic E-state index is -1.04. The molecule has 2 aromatic carbocycles. The first-order valence-electron chi connectivity index (χ1n) is 8.69. The van der Waals surface area contributed by atoms with Gasteiger partial charge in [-0.2, -0.15) is 0 Å². The van der Waals surface area contributed by atoms with Gasteiger partial charge in [0.25, 0.3) is 5.91 Å². The predicted molar refractivity (Wildman–Crippen MR) is 104 cm³/mol. The molecule has 0 saturated carbocycles. The Hall–Kier alpha value is -2.67. The third kappa shape index (κ3) is 2.92. The molecule has 1 aliphatic heterocycles. The normalized spacial score (nSPS) is 20.7. The molecule has 1 aliphatic carbocycles. The van der Waals surface area contributed by atoms with Crippen molar-refractivity contribution in [1.29, 1.82) is 0 Å². The van der Waals surface area contributed by atoms with Gasteiger partial charge in [0, 0.05) is 10.2 Å². The molecule has 2 N–H and O–H groups in total. The van der Waals surface area contributed by atoms with Crippen LogP contribution in [0, 0.1) is 6.92 Å². The summed E-state index contributed by atoms with van der Waals surface area (Å²) in [5.41, 5.74) is 2.49. The van der Waals surface area contributed by atoms with Crippen molar-refractivity contribution in [3.63, 3.8) is 0 Å². The smallest absolute Gasteiger partial charge is 0.324 e. The van der Waals surface area contributed by atoms with Gasteiger partial charge in [-0.05, 0) is 48.6 Å². The van der Waals surface area contributed by atoms with E-state index in [1.165, 1.54) is 0 Å². The van der Waals surface area contributed by atoms with Gasteiger partial charge in [0.15, 0.2) is 0 Å². The van der Waals surface area contributed by atoms with Gasteiger partial charge in [-0.1, -0.05) is 46.3 Å². The van der Waals surface area contributed by atoms with Crippen molar-refractivity contribution in [2.24, 2.45) is 0 Å². The van der Waals surface area contributed by atoms with Gasteiger partial charge in [0.2, 0.25) is 5.91 Å². The number of carbonyl (C=O) groups is 3. The number of hydrogen-bond acceptors (Lipinski definition) is 3. The number of urea groups is 1. The molecule has 0 aromatic heterocycles. The van der Waals surface area contributed by atoms with Crippen molar-refractivity contribution < 1.29 is 14.4 Å². The molecular formula is C20H18BrN3O3. The van der Waals surface area contributed by atoms with Crippen molar-refractivity contribution in [2.45, 2.75) is 25.3 Å². The van der Waals surface area contributed by atoms with E-state index in [-0.39, 0.29) is 12.5 Å². The van der Waals surface area contributed by atoms with Crippen molar-refractivity contribution in [1.82, 2.24) is 10.2 Å². The highest BCUT2D eigenvalue weighted by atomic mass is 79.9. The van der Waals surface area contributed by atoms with Crippen LogP contribution in [0.1, 0.15) is 23.1 Å². The van der Waals surface area contributed by atoms with E-state index in [1.54, 1.807) is 12.1 Å². The first-order valence-corrected chi connectivity index (χ1v) is 9.48. The Bertz CT molecular complexity index is 975. The summed E-state index contributed by atoms with van der Waals surface area (Å²) in [5.74, 6) is -0.782. The number of fused-ring (bicyclic) bond motifs is 2. The van der Waals surface area contributed by atoms with Gasteiger partial charge in [0.05, 0.1) is 0 Å². The molecule has 0 radical (unpaired) electrons. The minimum absolute atomic E-state index is 0.319. The number of halogens is 1. The average Bonchev–Trinajstić information content (AvgIpc) is 3.12. The zero-order valence-electron chi connectivity index (χ0n) is 14.7. The SMILES string of the molecule is Cc1ccc(NC(=O)CN2C(=O)NC3(CCc4ccccc43)C2=O)cc1Br. The van der Waals surface area contributed by atoms with E-state index in [4.69, 9.17) is 0 Å². The molecule has 1 atom stereocenters. The largest absolute Gasteiger partial charge is 0.325 e. The number of imide groups is 1. The highest BCUT2D eigenvalue weighted by Gasteiger charge is 2.55. The van der Waals surface area contributed by atoms with Crippen LogP contribution in [-0.4, -0.2) is 29.3 Å². The number of aryl methyl sites for hydroxylation is 2. The first-order chi connectivity index (χ1) is 12.9. The molecule has 1 unspecified atom stereocenters. The second-order valence-corrected chi connectivity index (χ2v) is 7.75. The van der Waals surface area contributed by atoms with Gasteiger partial charge >= 0.3 is 6.03 Å². The number of hydrogen-bond donors (Lipinski definition) is 2. The van der Waals surface area contributed by atoms with Gasteiger partial charge in [-0.3, -0.25) is 14.5 Å². The number of nitrogens with zero attached hydrogens (tertiary/aromatic N) is 1. The maximum absolute atomic E-state index is 13.0. The number of carbonyl (C=O) groups excluding carboxylic acids is 3. The summed E-state index contributed by atoms with van der Waals surface area (Å²) in [6.07, 6.45) is 1.24. The molecule has 6 nitrogen and oxygen atoms in total. The average molecular weight is 428 g/mol. The van der Waals surface area contributed by atoms with Gasteiger partial charge in [-0.25, -0.2) is 4.79 Å². The third-order valence-electron chi connectivity index (χ3n) is 5.18. The van der Waals surface area contributed by atoms with E-state index in [1.807, 2.05) is 37.3 Å². The Morgan fingerprint density at radius 1 is 1.26 bits per heavy atom. The number of nitrogens with one attached hydrogen (secondary N) is 2. The maximum atomic E-state index is 13.0. The minimum Gasteiger partial charge on any atom is -0.324 e. The lowest BCUT2D eigenvalue weighted by Crippen LogP contribution is -2.43. The first kappa shape index (κ1) is 17.7. The van der Waals surface area contributed by atoms with E-state index >= 15 is 0 Å². The number of amides is 4. The summed E-state index contributed by atoms with van der Waals surface area (Å²) in [4.78, 5) is 38.9. The fraction of sp³-hybridized carbons (Fsp3) is 0.250. The van der Waals surface area contributed by atoms with Crippen molar-refractivity contribution in [3.05, 3.63) is 63.6 Å². The van der Waals surface area contributed by atoms with E-state index in [2.05, 4.69) is 26.6 Å².